The molecule has 1 aromatic heterocycles. The largest absolute Gasteiger partial charge is 0.394 e. The number of thioether (sulfide) groups is 1. The van der Waals surface area contributed by atoms with Crippen LogP contribution in [0.15, 0.2) is 6.20 Å². The van der Waals surface area contributed by atoms with Gasteiger partial charge in [0.25, 0.3) is 0 Å². The second-order valence-electron chi connectivity index (χ2n) is 3.76. The SMILES string of the molecule is CCc1cnc(N)nc1N[C@H](CO)CCSC. The second-order valence-corrected chi connectivity index (χ2v) is 4.75. The van der Waals surface area contributed by atoms with Gasteiger partial charge in [-0.2, -0.15) is 16.7 Å². The van der Waals surface area contributed by atoms with E-state index in [2.05, 4.69) is 21.5 Å². The molecule has 0 aliphatic carbocycles. The zero-order valence-corrected chi connectivity index (χ0v) is 11.1. The minimum atomic E-state index is 0.0158. The monoisotopic (exact) mass is 256 g/mol. The van der Waals surface area contributed by atoms with Crippen LogP contribution in [0.5, 0.6) is 0 Å². The van der Waals surface area contributed by atoms with Crippen molar-refractivity contribution in [1.29, 1.82) is 0 Å². The van der Waals surface area contributed by atoms with E-state index >= 15 is 0 Å². The first-order valence-electron chi connectivity index (χ1n) is 5.69. The van der Waals surface area contributed by atoms with Gasteiger partial charge in [-0.1, -0.05) is 6.92 Å². The lowest BCUT2D eigenvalue weighted by Crippen LogP contribution is -2.26. The summed E-state index contributed by atoms with van der Waals surface area (Å²) in [6.45, 7) is 2.13. The molecular formula is C11H20N4OS. The number of hydrogen-bond donors (Lipinski definition) is 3. The molecule has 17 heavy (non-hydrogen) atoms. The molecule has 0 spiro atoms. The predicted octanol–water partition coefficient (Wildman–Crippen LogP) is 1.15. The van der Waals surface area contributed by atoms with E-state index in [9.17, 15) is 5.11 Å². The predicted molar refractivity (Wildman–Crippen MR) is 73.3 cm³/mol. The maximum Gasteiger partial charge on any atom is 0.221 e. The molecule has 1 heterocycles. The van der Waals surface area contributed by atoms with Crippen LogP contribution in [-0.2, 0) is 6.42 Å². The van der Waals surface area contributed by atoms with Crippen molar-refractivity contribution in [3.63, 3.8) is 0 Å². The number of nitrogens with one attached hydrogen (secondary N) is 1. The van der Waals surface area contributed by atoms with E-state index in [-0.39, 0.29) is 18.6 Å². The van der Waals surface area contributed by atoms with E-state index in [0.717, 1.165) is 30.0 Å². The quantitative estimate of drug-likeness (QED) is 0.678. The molecular weight excluding hydrogens is 236 g/mol. The summed E-state index contributed by atoms with van der Waals surface area (Å²) in [6.07, 6.45) is 5.51. The number of aryl methyl sites for hydroxylation is 1. The van der Waals surface area contributed by atoms with E-state index in [1.54, 1.807) is 18.0 Å². The van der Waals surface area contributed by atoms with E-state index in [0.29, 0.717) is 0 Å². The highest BCUT2D eigenvalue weighted by atomic mass is 32.2. The highest BCUT2D eigenvalue weighted by Crippen LogP contribution is 2.15. The molecule has 1 aromatic rings. The van der Waals surface area contributed by atoms with Gasteiger partial charge in [-0.3, -0.25) is 0 Å². The summed E-state index contributed by atoms with van der Waals surface area (Å²) in [4.78, 5) is 8.14. The van der Waals surface area contributed by atoms with Crippen molar-refractivity contribution < 1.29 is 5.11 Å². The third kappa shape index (κ3) is 4.40. The van der Waals surface area contributed by atoms with Crippen molar-refractivity contribution in [3.05, 3.63) is 11.8 Å². The Morgan fingerprint density at radius 2 is 2.35 bits per heavy atom. The van der Waals surface area contributed by atoms with Gasteiger partial charge in [0, 0.05) is 11.8 Å². The van der Waals surface area contributed by atoms with Gasteiger partial charge in [0.15, 0.2) is 0 Å². The van der Waals surface area contributed by atoms with Crippen LogP contribution in [0.25, 0.3) is 0 Å². The molecule has 1 atom stereocenters. The average molecular weight is 256 g/mol. The highest BCUT2D eigenvalue weighted by Gasteiger charge is 2.11. The standard InChI is InChI=1S/C11H20N4OS/c1-3-8-6-13-11(12)15-10(8)14-9(7-16)4-5-17-2/h6,9,16H,3-5,7H2,1-2H3,(H3,12,13,14,15)/t9-/m0/s1. The lowest BCUT2D eigenvalue weighted by atomic mass is 10.2. The molecule has 0 aliphatic rings. The summed E-state index contributed by atoms with van der Waals surface area (Å²) in [5.74, 6) is 1.99. The van der Waals surface area contributed by atoms with E-state index in [4.69, 9.17) is 5.73 Å². The summed E-state index contributed by atoms with van der Waals surface area (Å²) in [7, 11) is 0. The van der Waals surface area contributed by atoms with Crippen LogP contribution in [0.3, 0.4) is 0 Å². The third-order valence-electron chi connectivity index (χ3n) is 2.50. The molecule has 0 saturated carbocycles. The fourth-order valence-electron chi connectivity index (χ4n) is 1.47. The number of anilines is 2. The van der Waals surface area contributed by atoms with Crippen LogP contribution < -0.4 is 11.1 Å². The van der Waals surface area contributed by atoms with Gasteiger partial charge in [-0.15, -0.1) is 0 Å². The Morgan fingerprint density at radius 1 is 1.59 bits per heavy atom. The number of aliphatic hydroxyl groups excluding tert-OH is 1. The third-order valence-corrected chi connectivity index (χ3v) is 3.14. The molecule has 0 bridgehead atoms. The molecule has 0 aromatic carbocycles. The molecule has 0 aliphatic heterocycles. The maximum absolute atomic E-state index is 9.30. The number of nitrogens with zero attached hydrogens (tertiary/aromatic N) is 2. The van der Waals surface area contributed by atoms with Crippen molar-refractivity contribution in [3.8, 4) is 0 Å². The molecule has 0 unspecified atom stereocenters. The molecule has 6 heteroatoms. The first kappa shape index (κ1) is 14.1. The molecule has 1 rings (SSSR count). The number of nitrogen functional groups attached to an aromatic ring is 1. The molecule has 0 saturated heterocycles. The number of nitrogens with two attached hydrogens (primary N) is 1. The Hall–Kier alpha value is -1.01. The van der Waals surface area contributed by atoms with Crippen molar-refractivity contribution in [2.75, 3.05) is 29.7 Å². The van der Waals surface area contributed by atoms with Crippen molar-refractivity contribution >= 4 is 23.5 Å². The Balaban J connectivity index is 2.73. The minimum Gasteiger partial charge on any atom is -0.394 e. The molecule has 96 valence electrons. The fraction of sp³-hybridized carbons (Fsp3) is 0.636. The number of rotatable bonds is 7. The Morgan fingerprint density at radius 3 is 2.94 bits per heavy atom. The summed E-state index contributed by atoms with van der Waals surface area (Å²) < 4.78 is 0. The zero-order valence-electron chi connectivity index (χ0n) is 10.3. The van der Waals surface area contributed by atoms with E-state index in [1.165, 1.54) is 0 Å². The number of aromatic nitrogens is 2. The molecule has 0 radical (unpaired) electrons. The fourth-order valence-corrected chi connectivity index (χ4v) is 1.99. The second kappa shape index (κ2) is 7.34. The van der Waals surface area contributed by atoms with Gasteiger partial charge in [0.1, 0.15) is 5.82 Å². The highest BCUT2D eigenvalue weighted by molar-refractivity contribution is 7.98. The number of aliphatic hydroxyl groups is 1. The Labute approximate surface area is 106 Å². The van der Waals surface area contributed by atoms with Gasteiger partial charge >= 0.3 is 0 Å². The summed E-state index contributed by atoms with van der Waals surface area (Å²) >= 11 is 1.76. The number of hydrogen-bond acceptors (Lipinski definition) is 6. The van der Waals surface area contributed by atoms with Gasteiger partial charge in [0.05, 0.1) is 12.6 Å². The molecule has 5 nitrogen and oxygen atoms in total. The first-order valence-corrected chi connectivity index (χ1v) is 7.08. The van der Waals surface area contributed by atoms with Crippen LogP contribution in [0.2, 0.25) is 0 Å². The smallest absolute Gasteiger partial charge is 0.221 e. The summed E-state index contributed by atoms with van der Waals surface area (Å²) in [6, 6.07) is 0.0158. The van der Waals surface area contributed by atoms with Crippen molar-refractivity contribution in [2.45, 2.75) is 25.8 Å². The van der Waals surface area contributed by atoms with Gasteiger partial charge in [-0.25, -0.2) is 4.98 Å². The Bertz CT molecular complexity index is 348. The van der Waals surface area contributed by atoms with Gasteiger partial charge in [0.2, 0.25) is 5.95 Å². The topological polar surface area (TPSA) is 84.1 Å². The molecule has 0 fully saturated rings. The maximum atomic E-state index is 9.30. The van der Waals surface area contributed by atoms with E-state index in [1.807, 2.05) is 6.92 Å². The average Bonchev–Trinajstić information content (AvgIpc) is 2.34. The van der Waals surface area contributed by atoms with Crippen LogP contribution in [0, 0.1) is 0 Å². The lowest BCUT2D eigenvalue weighted by Gasteiger charge is -2.18. The van der Waals surface area contributed by atoms with Crippen LogP contribution >= 0.6 is 11.8 Å². The van der Waals surface area contributed by atoms with Gasteiger partial charge < -0.3 is 16.2 Å². The van der Waals surface area contributed by atoms with Crippen LogP contribution in [0.4, 0.5) is 11.8 Å². The summed E-state index contributed by atoms with van der Waals surface area (Å²) in [5, 5.41) is 12.5. The Kier molecular flexibility index (Phi) is 6.07. The van der Waals surface area contributed by atoms with Crippen LogP contribution in [0.1, 0.15) is 18.9 Å². The lowest BCUT2D eigenvalue weighted by molar-refractivity contribution is 0.272. The van der Waals surface area contributed by atoms with Crippen LogP contribution in [-0.4, -0.2) is 39.7 Å². The van der Waals surface area contributed by atoms with Crippen molar-refractivity contribution in [1.82, 2.24) is 9.97 Å². The zero-order chi connectivity index (χ0) is 12.7. The summed E-state index contributed by atoms with van der Waals surface area (Å²) in [5.41, 5.74) is 6.59. The molecule has 0 amide bonds. The first-order chi connectivity index (χ1) is 8.21. The minimum absolute atomic E-state index is 0.0158. The van der Waals surface area contributed by atoms with Crippen molar-refractivity contribution in [2.24, 2.45) is 0 Å². The molecule has 4 N–H and O–H groups in total. The van der Waals surface area contributed by atoms with E-state index < -0.39 is 0 Å². The normalized spacial score (nSPS) is 12.4. The van der Waals surface area contributed by atoms with Gasteiger partial charge in [-0.05, 0) is 24.9 Å².